The number of hydrogen-bond acceptors (Lipinski definition) is 7. The Bertz CT molecular complexity index is 1100. The number of carbonyl (C=O) groups excluding carboxylic acids is 1. The van der Waals surface area contributed by atoms with Crippen LogP contribution in [0.15, 0.2) is 41.3 Å². The number of aromatic amines is 1. The van der Waals surface area contributed by atoms with Gasteiger partial charge in [0.1, 0.15) is 0 Å². The first kappa shape index (κ1) is 14.9. The van der Waals surface area contributed by atoms with Crippen molar-refractivity contribution in [1.29, 1.82) is 0 Å². The van der Waals surface area contributed by atoms with Crippen LogP contribution < -0.4 is 11.5 Å². The molecule has 8 nitrogen and oxygen atoms in total. The fourth-order valence-corrected chi connectivity index (χ4v) is 2.80. The lowest BCUT2D eigenvalue weighted by Crippen LogP contribution is -2.00. The van der Waals surface area contributed by atoms with Crippen LogP contribution in [0.1, 0.15) is 17.3 Å². The van der Waals surface area contributed by atoms with Gasteiger partial charge in [-0.05, 0) is 19.1 Å². The van der Waals surface area contributed by atoms with E-state index in [9.17, 15) is 4.79 Å². The molecule has 0 spiro atoms. The van der Waals surface area contributed by atoms with Gasteiger partial charge in [0.15, 0.2) is 17.2 Å². The second-order valence-electron chi connectivity index (χ2n) is 5.64. The van der Waals surface area contributed by atoms with Crippen molar-refractivity contribution in [3.05, 3.63) is 42.4 Å². The topological polar surface area (TPSA) is 137 Å². The van der Waals surface area contributed by atoms with Crippen LogP contribution in [-0.4, -0.2) is 26.1 Å². The first-order chi connectivity index (χ1) is 12.1. The molecule has 0 radical (unpaired) electrons. The molecule has 3 aromatic heterocycles. The summed E-state index contributed by atoms with van der Waals surface area (Å²) >= 11 is 0. The minimum atomic E-state index is -0.121. The third-order valence-electron chi connectivity index (χ3n) is 4.04. The second kappa shape index (κ2) is 5.45. The number of pyridine rings is 1. The summed E-state index contributed by atoms with van der Waals surface area (Å²) in [4.78, 5) is 16.3. The Labute approximate surface area is 141 Å². The van der Waals surface area contributed by atoms with Crippen molar-refractivity contribution in [2.24, 2.45) is 0 Å². The number of fused-ring (bicyclic) bond motifs is 1. The molecule has 0 unspecified atom stereocenters. The third-order valence-corrected chi connectivity index (χ3v) is 4.04. The maximum atomic E-state index is 11.8. The van der Waals surface area contributed by atoms with E-state index in [0.717, 1.165) is 11.1 Å². The van der Waals surface area contributed by atoms with Gasteiger partial charge >= 0.3 is 0 Å². The Balaban J connectivity index is 1.98. The van der Waals surface area contributed by atoms with Crippen LogP contribution in [0.4, 0.5) is 11.5 Å². The summed E-state index contributed by atoms with van der Waals surface area (Å²) in [6, 6.07) is 5.16. The van der Waals surface area contributed by atoms with Crippen LogP contribution in [-0.2, 0) is 0 Å². The standard InChI is InChI=1S/C17H14N6O2/c1-8(24)11-4-9(2-3-13(11)18)15-14-16(25-23-17(14)19)12(7-20-15)10-5-21-22-6-10/h2-7H,18H2,1H3,(H2,19,23)(H,21,22). The number of nitrogens with two attached hydrogens (primary N) is 2. The Kier molecular flexibility index (Phi) is 3.24. The van der Waals surface area contributed by atoms with Crippen molar-refractivity contribution in [3.8, 4) is 22.4 Å². The molecule has 124 valence electrons. The molecule has 8 heteroatoms. The molecule has 0 fully saturated rings. The van der Waals surface area contributed by atoms with E-state index in [1.807, 2.05) is 0 Å². The lowest BCUT2D eigenvalue weighted by molar-refractivity contribution is 0.101. The molecule has 4 aromatic rings. The van der Waals surface area contributed by atoms with Gasteiger partial charge in [0, 0.05) is 40.3 Å². The van der Waals surface area contributed by atoms with E-state index < -0.39 is 0 Å². The zero-order valence-electron chi connectivity index (χ0n) is 13.3. The predicted molar refractivity (Wildman–Crippen MR) is 93.7 cm³/mol. The molecule has 0 aliphatic carbocycles. The fraction of sp³-hybridized carbons (Fsp3) is 0.0588. The number of hydrogen-bond donors (Lipinski definition) is 3. The lowest BCUT2D eigenvalue weighted by atomic mass is 10.00. The Hall–Kier alpha value is -3.68. The average molecular weight is 334 g/mol. The van der Waals surface area contributed by atoms with Gasteiger partial charge in [-0.15, -0.1) is 0 Å². The lowest BCUT2D eigenvalue weighted by Gasteiger charge is -2.08. The van der Waals surface area contributed by atoms with E-state index in [-0.39, 0.29) is 11.6 Å². The normalized spacial score (nSPS) is 11.1. The van der Waals surface area contributed by atoms with E-state index in [1.165, 1.54) is 6.92 Å². The molecule has 1 aromatic carbocycles. The largest absolute Gasteiger partial charge is 0.398 e. The monoisotopic (exact) mass is 334 g/mol. The van der Waals surface area contributed by atoms with Crippen LogP contribution in [0.5, 0.6) is 0 Å². The Morgan fingerprint density at radius 2 is 2.04 bits per heavy atom. The number of nitrogen functional groups attached to an aromatic ring is 2. The van der Waals surface area contributed by atoms with Gasteiger partial charge in [0.2, 0.25) is 0 Å². The molecule has 0 aliphatic heterocycles. The molecule has 0 amide bonds. The van der Waals surface area contributed by atoms with Gasteiger partial charge in [-0.3, -0.25) is 14.9 Å². The van der Waals surface area contributed by atoms with Gasteiger partial charge in [0.25, 0.3) is 0 Å². The van der Waals surface area contributed by atoms with Crippen molar-refractivity contribution >= 4 is 28.3 Å². The number of nitrogens with one attached hydrogen (secondary N) is 1. The zero-order valence-corrected chi connectivity index (χ0v) is 13.3. The fourth-order valence-electron chi connectivity index (χ4n) is 2.80. The number of H-pyrrole nitrogens is 1. The molecule has 5 N–H and O–H groups in total. The number of rotatable bonds is 3. The maximum Gasteiger partial charge on any atom is 0.180 e. The van der Waals surface area contributed by atoms with E-state index in [1.54, 1.807) is 36.8 Å². The highest BCUT2D eigenvalue weighted by Gasteiger charge is 2.19. The molecule has 0 atom stereocenters. The number of Topliss-reactive ketones (excluding diaryl/α,β-unsaturated/α-hetero) is 1. The maximum absolute atomic E-state index is 11.8. The molecular weight excluding hydrogens is 320 g/mol. The summed E-state index contributed by atoms with van der Waals surface area (Å²) in [6.45, 7) is 1.47. The molecule has 3 heterocycles. The number of ketones is 1. The van der Waals surface area contributed by atoms with Crippen molar-refractivity contribution in [1.82, 2.24) is 20.3 Å². The quantitative estimate of drug-likeness (QED) is 0.387. The van der Waals surface area contributed by atoms with E-state index in [2.05, 4.69) is 20.3 Å². The van der Waals surface area contributed by atoms with Crippen LogP contribution in [0, 0.1) is 0 Å². The van der Waals surface area contributed by atoms with Crippen molar-refractivity contribution in [2.45, 2.75) is 6.92 Å². The van der Waals surface area contributed by atoms with Crippen LogP contribution in [0.3, 0.4) is 0 Å². The highest BCUT2D eigenvalue weighted by molar-refractivity contribution is 6.06. The SMILES string of the molecule is CC(=O)c1cc(-c2ncc(-c3cn[nH]c3)c3onc(N)c23)ccc1N. The van der Waals surface area contributed by atoms with E-state index in [0.29, 0.717) is 33.5 Å². The summed E-state index contributed by atoms with van der Waals surface area (Å²) in [5.41, 5.74) is 16.0. The number of aromatic nitrogens is 4. The minimum Gasteiger partial charge on any atom is -0.398 e. The molecule has 0 aliphatic rings. The Morgan fingerprint density at radius 1 is 1.20 bits per heavy atom. The summed E-state index contributed by atoms with van der Waals surface area (Å²) in [5, 5.41) is 11.1. The summed E-state index contributed by atoms with van der Waals surface area (Å²) < 4.78 is 5.42. The third kappa shape index (κ3) is 2.31. The van der Waals surface area contributed by atoms with Gasteiger partial charge in [-0.25, -0.2) is 0 Å². The van der Waals surface area contributed by atoms with Gasteiger partial charge < -0.3 is 16.0 Å². The molecule has 0 bridgehead atoms. The molecule has 0 saturated carbocycles. The van der Waals surface area contributed by atoms with E-state index in [4.69, 9.17) is 16.0 Å². The summed E-state index contributed by atoms with van der Waals surface area (Å²) in [6.07, 6.45) is 5.05. The van der Waals surface area contributed by atoms with Gasteiger partial charge in [-0.1, -0.05) is 11.2 Å². The molecular formula is C17H14N6O2. The van der Waals surface area contributed by atoms with Crippen LogP contribution >= 0.6 is 0 Å². The van der Waals surface area contributed by atoms with Gasteiger partial charge in [0.05, 0.1) is 17.3 Å². The predicted octanol–water partition coefficient (Wildman–Crippen LogP) is 2.65. The first-order valence-corrected chi connectivity index (χ1v) is 7.50. The number of nitrogens with zero attached hydrogens (tertiary/aromatic N) is 3. The number of anilines is 2. The first-order valence-electron chi connectivity index (χ1n) is 7.50. The van der Waals surface area contributed by atoms with Crippen molar-refractivity contribution < 1.29 is 9.32 Å². The van der Waals surface area contributed by atoms with Crippen LogP contribution in [0.2, 0.25) is 0 Å². The van der Waals surface area contributed by atoms with Crippen molar-refractivity contribution in [2.75, 3.05) is 11.5 Å². The van der Waals surface area contributed by atoms with Gasteiger partial charge in [-0.2, -0.15) is 5.10 Å². The smallest absolute Gasteiger partial charge is 0.180 e. The number of benzene rings is 1. The molecule has 25 heavy (non-hydrogen) atoms. The molecule has 0 saturated heterocycles. The van der Waals surface area contributed by atoms with E-state index >= 15 is 0 Å². The second-order valence-corrected chi connectivity index (χ2v) is 5.64. The molecule has 4 rings (SSSR count). The average Bonchev–Trinajstić information content (AvgIpc) is 3.25. The summed E-state index contributed by atoms with van der Waals surface area (Å²) in [7, 11) is 0. The van der Waals surface area contributed by atoms with Crippen molar-refractivity contribution in [3.63, 3.8) is 0 Å². The Morgan fingerprint density at radius 3 is 2.76 bits per heavy atom. The number of carbonyl (C=O) groups is 1. The van der Waals surface area contributed by atoms with Crippen LogP contribution in [0.25, 0.3) is 33.4 Å². The minimum absolute atomic E-state index is 0.121. The highest BCUT2D eigenvalue weighted by atomic mass is 16.5. The highest BCUT2D eigenvalue weighted by Crippen LogP contribution is 2.37. The zero-order chi connectivity index (χ0) is 17.6. The summed E-state index contributed by atoms with van der Waals surface area (Å²) in [5.74, 6) is 0.105.